The van der Waals surface area contributed by atoms with E-state index in [1.807, 2.05) is 0 Å². The lowest BCUT2D eigenvalue weighted by Gasteiger charge is -2.11. The molecule has 0 amide bonds. The zero-order valence-electron chi connectivity index (χ0n) is 9.44. The highest BCUT2D eigenvalue weighted by Crippen LogP contribution is 2.33. The van der Waals surface area contributed by atoms with Gasteiger partial charge in [-0.05, 0) is 12.1 Å². The zero-order valence-corrected chi connectivity index (χ0v) is 13.3. The first-order chi connectivity index (χ1) is 9.33. The summed E-state index contributed by atoms with van der Waals surface area (Å²) in [6, 6.07) is 4.21. The van der Waals surface area contributed by atoms with E-state index < -0.39 is 10.0 Å². The average molecular weight is 373 g/mol. The van der Waals surface area contributed by atoms with E-state index in [2.05, 4.69) is 14.7 Å². The molecule has 0 bridgehead atoms. The van der Waals surface area contributed by atoms with Crippen LogP contribution in [0.1, 0.15) is 0 Å². The topological polar surface area (TPSA) is 72.0 Å². The Morgan fingerprint density at radius 3 is 2.20 bits per heavy atom. The van der Waals surface area contributed by atoms with Crippen molar-refractivity contribution in [3.05, 3.63) is 44.9 Å². The van der Waals surface area contributed by atoms with Crippen LogP contribution < -0.4 is 4.72 Å². The Labute approximate surface area is 134 Å². The van der Waals surface area contributed by atoms with Crippen LogP contribution in [0.5, 0.6) is 0 Å². The normalized spacial score (nSPS) is 11.4. The first-order valence-electron chi connectivity index (χ1n) is 4.96. The smallest absolute Gasteiger partial charge is 0.263 e. The third kappa shape index (κ3) is 3.10. The lowest BCUT2D eigenvalue weighted by molar-refractivity contribution is 0.601. The fourth-order valence-electron chi connectivity index (χ4n) is 1.31. The average Bonchev–Trinajstić information content (AvgIpc) is 2.37. The molecular weight excluding hydrogens is 368 g/mol. The highest BCUT2D eigenvalue weighted by Gasteiger charge is 2.22. The van der Waals surface area contributed by atoms with Crippen LogP contribution in [0, 0.1) is 0 Å². The number of nitrogens with zero attached hydrogens (tertiary/aromatic N) is 2. The van der Waals surface area contributed by atoms with Crippen molar-refractivity contribution in [2.75, 3.05) is 4.72 Å². The van der Waals surface area contributed by atoms with Gasteiger partial charge in [-0.1, -0.05) is 52.5 Å². The molecule has 0 aliphatic rings. The molecule has 2 rings (SSSR count). The number of hydrogen-bond acceptors (Lipinski definition) is 4. The van der Waals surface area contributed by atoms with Crippen LogP contribution in [-0.2, 0) is 10.0 Å². The van der Waals surface area contributed by atoms with Crippen LogP contribution in [-0.4, -0.2) is 18.4 Å². The lowest BCUT2D eigenvalue weighted by Crippen LogP contribution is -2.15. The molecule has 0 fully saturated rings. The molecule has 0 unspecified atom stereocenters. The van der Waals surface area contributed by atoms with Crippen LogP contribution in [0.3, 0.4) is 0 Å². The predicted molar refractivity (Wildman–Crippen MR) is 79.3 cm³/mol. The van der Waals surface area contributed by atoms with E-state index >= 15 is 0 Å². The minimum Gasteiger partial charge on any atom is -0.274 e. The molecule has 0 radical (unpaired) electrons. The summed E-state index contributed by atoms with van der Waals surface area (Å²) >= 11 is 23.2. The molecule has 5 nitrogen and oxygen atoms in total. The van der Waals surface area contributed by atoms with E-state index in [0.717, 1.165) is 6.33 Å². The molecule has 0 aliphatic carbocycles. The molecule has 0 spiro atoms. The van der Waals surface area contributed by atoms with Gasteiger partial charge in [0.15, 0.2) is 10.3 Å². The van der Waals surface area contributed by atoms with Gasteiger partial charge in [0.2, 0.25) is 0 Å². The minimum absolute atomic E-state index is 0.106. The first-order valence-corrected chi connectivity index (χ1v) is 7.95. The molecule has 0 aliphatic heterocycles. The van der Waals surface area contributed by atoms with Crippen LogP contribution in [0.15, 0.2) is 29.4 Å². The number of hydrogen-bond donors (Lipinski definition) is 1. The maximum Gasteiger partial charge on any atom is 0.263 e. The van der Waals surface area contributed by atoms with Gasteiger partial charge < -0.3 is 0 Å². The standard InChI is InChI=1S/C10H5Cl4N3O2S/c11-5-2-1-3-6(7(5)12)20(18,19)17-8-9(13)15-4-16-10(8)14/h1-4,17H. The molecule has 0 saturated carbocycles. The second-order valence-electron chi connectivity index (χ2n) is 3.49. The van der Waals surface area contributed by atoms with Crippen molar-refractivity contribution in [1.82, 2.24) is 9.97 Å². The van der Waals surface area contributed by atoms with Crippen molar-refractivity contribution in [3.63, 3.8) is 0 Å². The molecule has 1 aromatic carbocycles. The maximum absolute atomic E-state index is 12.3. The third-order valence-corrected chi connectivity index (χ3v) is 5.09. The van der Waals surface area contributed by atoms with Gasteiger partial charge in [0.05, 0.1) is 10.0 Å². The second-order valence-corrected chi connectivity index (χ2v) is 6.64. The first kappa shape index (κ1) is 15.6. The number of benzene rings is 1. The van der Waals surface area contributed by atoms with E-state index in [0.29, 0.717) is 0 Å². The number of sulfonamides is 1. The molecule has 1 heterocycles. The largest absolute Gasteiger partial charge is 0.274 e. The number of rotatable bonds is 3. The van der Waals surface area contributed by atoms with E-state index in [1.54, 1.807) is 0 Å². The minimum atomic E-state index is -4.03. The molecular formula is C10H5Cl4N3O2S. The number of halogens is 4. The Morgan fingerprint density at radius 2 is 1.60 bits per heavy atom. The summed E-state index contributed by atoms with van der Waals surface area (Å²) in [7, 11) is -4.03. The van der Waals surface area contributed by atoms with E-state index in [1.165, 1.54) is 18.2 Å². The summed E-state index contributed by atoms with van der Waals surface area (Å²) < 4.78 is 26.7. The van der Waals surface area contributed by atoms with Gasteiger partial charge >= 0.3 is 0 Å². The SMILES string of the molecule is O=S(=O)(Nc1c(Cl)ncnc1Cl)c1cccc(Cl)c1Cl. The van der Waals surface area contributed by atoms with Crippen molar-refractivity contribution in [1.29, 1.82) is 0 Å². The van der Waals surface area contributed by atoms with Crippen molar-refractivity contribution in [2.45, 2.75) is 4.90 Å². The number of aromatic nitrogens is 2. The third-order valence-electron chi connectivity index (χ3n) is 2.20. The Kier molecular flexibility index (Phi) is 4.61. The Hall–Kier alpha value is -0.790. The molecule has 20 heavy (non-hydrogen) atoms. The van der Waals surface area contributed by atoms with Gasteiger partial charge in [0, 0.05) is 0 Å². The molecule has 1 N–H and O–H groups in total. The summed E-state index contributed by atoms with van der Waals surface area (Å²) in [4.78, 5) is 7.08. The van der Waals surface area contributed by atoms with E-state index in [-0.39, 0.29) is 30.9 Å². The van der Waals surface area contributed by atoms with E-state index in [4.69, 9.17) is 46.4 Å². The highest BCUT2D eigenvalue weighted by atomic mass is 35.5. The fraction of sp³-hybridized carbons (Fsp3) is 0. The molecule has 106 valence electrons. The monoisotopic (exact) mass is 371 g/mol. The summed E-state index contributed by atoms with van der Waals surface area (Å²) in [5, 5.41) is -0.264. The van der Waals surface area contributed by atoms with Crippen molar-refractivity contribution in [3.8, 4) is 0 Å². The van der Waals surface area contributed by atoms with Crippen molar-refractivity contribution >= 4 is 62.1 Å². The molecule has 2 aromatic rings. The maximum atomic E-state index is 12.3. The van der Waals surface area contributed by atoms with Crippen molar-refractivity contribution < 1.29 is 8.42 Å². The summed E-state index contributed by atoms with van der Waals surface area (Å²) in [6.45, 7) is 0. The zero-order chi connectivity index (χ0) is 14.9. The second kappa shape index (κ2) is 5.91. The van der Waals surface area contributed by atoms with Crippen LogP contribution in [0.4, 0.5) is 5.69 Å². The molecule has 10 heteroatoms. The highest BCUT2D eigenvalue weighted by molar-refractivity contribution is 7.92. The molecule has 1 aromatic heterocycles. The van der Waals surface area contributed by atoms with Crippen molar-refractivity contribution in [2.24, 2.45) is 0 Å². The Balaban J connectivity index is 2.50. The van der Waals surface area contributed by atoms with Gasteiger partial charge in [0.25, 0.3) is 10.0 Å². The Morgan fingerprint density at radius 1 is 1.00 bits per heavy atom. The van der Waals surface area contributed by atoms with Gasteiger partial charge in [-0.3, -0.25) is 4.72 Å². The Bertz CT molecular complexity index is 747. The van der Waals surface area contributed by atoms with Crippen LogP contribution in [0.25, 0.3) is 0 Å². The fourth-order valence-corrected chi connectivity index (χ4v) is 3.67. The molecule has 0 atom stereocenters. The summed E-state index contributed by atoms with van der Waals surface area (Å²) in [5.74, 6) is 0. The number of nitrogens with one attached hydrogen (secondary N) is 1. The van der Waals surface area contributed by atoms with Crippen LogP contribution >= 0.6 is 46.4 Å². The van der Waals surface area contributed by atoms with Gasteiger partial charge in [0.1, 0.15) is 16.9 Å². The summed E-state index contributed by atoms with van der Waals surface area (Å²) in [6.07, 6.45) is 1.11. The lowest BCUT2D eigenvalue weighted by atomic mass is 10.4. The van der Waals surface area contributed by atoms with Gasteiger partial charge in [-0.2, -0.15) is 0 Å². The predicted octanol–water partition coefficient (Wildman–Crippen LogP) is 3.89. The van der Waals surface area contributed by atoms with Gasteiger partial charge in [-0.25, -0.2) is 18.4 Å². The van der Waals surface area contributed by atoms with Crippen LogP contribution in [0.2, 0.25) is 20.4 Å². The quantitative estimate of drug-likeness (QED) is 0.829. The van der Waals surface area contributed by atoms with E-state index in [9.17, 15) is 8.42 Å². The molecule has 0 saturated heterocycles. The number of anilines is 1. The summed E-state index contributed by atoms with van der Waals surface area (Å²) in [5.41, 5.74) is -0.133. The van der Waals surface area contributed by atoms with Gasteiger partial charge in [-0.15, -0.1) is 0 Å².